The molecule has 3 N–H and O–H groups in total. The molecule has 0 atom stereocenters. The largest absolute Gasteiger partial charge is 0.493 e. The van der Waals surface area contributed by atoms with E-state index in [2.05, 4.69) is 0 Å². The van der Waals surface area contributed by atoms with Gasteiger partial charge < -0.3 is 10.5 Å². The lowest BCUT2D eigenvalue weighted by Gasteiger charge is -2.08. The van der Waals surface area contributed by atoms with E-state index < -0.39 is 11.9 Å². The molecule has 0 saturated heterocycles. The van der Waals surface area contributed by atoms with Crippen LogP contribution >= 0.6 is 11.6 Å². The van der Waals surface area contributed by atoms with Gasteiger partial charge >= 0.3 is 6.03 Å². The van der Waals surface area contributed by atoms with Crippen molar-refractivity contribution in [2.45, 2.75) is 6.92 Å². The number of nitriles is 1. The van der Waals surface area contributed by atoms with E-state index in [4.69, 9.17) is 27.3 Å². The van der Waals surface area contributed by atoms with E-state index in [9.17, 15) is 9.59 Å². The van der Waals surface area contributed by atoms with Crippen LogP contribution < -0.4 is 15.8 Å². The zero-order valence-electron chi connectivity index (χ0n) is 10.6. The standard InChI is InChI=1S/C13H12ClN3O3/c1-2-20-11-4-3-10(14)6-8(11)5-9(7-15)12(18)17-13(16)19/h3-6H,2H2,1H3,(H3,16,17,18,19)/b9-5+. The molecular formula is C13H12ClN3O3. The van der Waals surface area contributed by atoms with Crippen molar-refractivity contribution in [1.82, 2.24) is 5.32 Å². The van der Waals surface area contributed by atoms with Crippen molar-refractivity contribution in [1.29, 1.82) is 5.26 Å². The highest BCUT2D eigenvalue weighted by atomic mass is 35.5. The van der Waals surface area contributed by atoms with Crippen LogP contribution in [-0.2, 0) is 4.79 Å². The fourth-order valence-electron chi connectivity index (χ4n) is 1.40. The molecule has 0 heterocycles. The van der Waals surface area contributed by atoms with Crippen LogP contribution in [-0.4, -0.2) is 18.5 Å². The number of carbonyl (C=O) groups is 2. The fourth-order valence-corrected chi connectivity index (χ4v) is 1.58. The maximum absolute atomic E-state index is 11.6. The molecule has 0 aliphatic carbocycles. The Bertz CT molecular complexity index is 605. The van der Waals surface area contributed by atoms with Gasteiger partial charge in [0.05, 0.1) is 6.61 Å². The van der Waals surface area contributed by atoms with Gasteiger partial charge in [0.25, 0.3) is 5.91 Å². The van der Waals surface area contributed by atoms with Gasteiger partial charge in [0.15, 0.2) is 0 Å². The zero-order chi connectivity index (χ0) is 15.1. The Balaban J connectivity index is 3.18. The second kappa shape index (κ2) is 7.16. The van der Waals surface area contributed by atoms with E-state index in [1.54, 1.807) is 31.2 Å². The topological polar surface area (TPSA) is 105 Å². The summed E-state index contributed by atoms with van der Waals surface area (Å²) in [7, 11) is 0. The molecular weight excluding hydrogens is 282 g/mol. The van der Waals surface area contributed by atoms with Crippen molar-refractivity contribution < 1.29 is 14.3 Å². The summed E-state index contributed by atoms with van der Waals surface area (Å²) in [6.45, 7) is 2.21. The molecule has 0 fully saturated rings. The van der Waals surface area contributed by atoms with Crippen molar-refractivity contribution in [3.63, 3.8) is 0 Å². The van der Waals surface area contributed by atoms with Gasteiger partial charge in [-0.3, -0.25) is 10.1 Å². The van der Waals surface area contributed by atoms with Gasteiger partial charge in [-0.2, -0.15) is 5.26 Å². The number of hydrogen-bond donors (Lipinski definition) is 2. The number of halogens is 1. The molecule has 1 rings (SSSR count). The van der Waals surface area contributed by atoms with Gasteiger partial charge in [-0.15, -0.1) is 0 Å². The fraction of sp³-hybridized carbons (Fsp3) is 0.154. The number of urea groups is 1. The summed E-state index contributed by atoms with van der Waals surface area (Å²) in [5.41, 5.74) is 5.00. The van der Waals surface area contributed by atoms with Crippen molar-refractivity contribution in [3.05, 3.63) is 34.4 Å². The minimum Gasteiger partial charge on any atom is -0.493 e. The summed E-state index contributed by atoms with van der Waals surface area (Å²) in [6.07, 6.45) is 1.27. The molecule has 0 radical (unpaired) electrons. The monoisotopic (exact) mass is 293 g/mol. The molecule has 0 unspecified atom stereocenters. The lowest BCUT2D eigenvalue weighted by molar-refractivity contribution is -0.115. The summed E-state index contributed by atoms with van der Waals surface area (Å²) in [4.78, 5) is 22.2. The highest BCUT2D eigenvalue weighted by Gasteiger charge is 2.12. The number of amides is 3. The van der Waals surface area contributed by atoms with Crippen molar-refractivity contribution in [2.24, 2.45) is 5.73 Å². The number of nitrogens with zero attached hydrogens (tertiary/aromatic N) is 1. The van der Waals surface area contributed by atoms with E-state index >= 15 is 0 Å². The molecule has 0 saturated carbocycles. The Kier molecular flexibility index (Phi) is 5.56. The summed E-state index contributed by atoms with van der Waals surface area (Å²) < 4.78 is 5.36. The average molecular weight is 294 g/mol. The average Bonchev–Trinajstić information content (AvgIpc) is 2.38. The van der Waals surface area contributed by atoms with Crippen LogP contribution in [0.2, 0.25) is 5.02 Å². The summed E-state index contributed by atoms with van der Waals surface area (Å²) in [5, 5.41) is 11.2. The third kappa shape index (κ3) is 4.30. The third-order valence-electron chi connectivity index (χ3n) is 2.17. The van der Waals surface area contributed by atoms with Crippen LogP contribution in [0.1, 0.15) is 12.5 Å². The second-order valence-corrected chi connectivity index (χ2v) is 4.04. The van der Waals surface area contributed by atoms with E-state index in [0.29, 0.717) is 22.9 Å². The van der Waals surface area contributed by atoms with Crippen LogP contribution in [0, 0.1) is 11.3 Å². The van der Waals surface area contributed by atoms with Gasteiger partial charge in [0.2, 0.25) is 0 Å². The number of carbonyl (C=O) groups excluding carboxylic acids is 2. The Labute approximate surface area is 120 Å². The predicted molar refractivity (Wildman–Crippen MR) is 73.9 cm³/mol. The first-order chi connectivity index (χ1) is 9.47. The van der Waals surface area contributed by atoms with E-state index in [-0.39, 0.29) is 5.57 Å². The molecule has 0 aliphatic heterocycles. The smallest absolute Gasteiger partial charge is 0.319 e. The van der Waals surface area contributed by atoms with Crippen LogP contribution in [0.4, 0.5) is 4.79 Å². The molecule has 7 heteroatoms. The minimum absolute atomic E-state index is 0.285. The van der Waals surface area contributed by atoms with Gasteiger partial charge in [-0.05, 0) is 31.2 Å². The van der Waals surface area contributed by atoms with E-state index in [1.807, 2.05) is 5.32 Å². The predicted octanol–water partition coefficient (Wildman–Crippen LogP) is 1.84. The quantitative estimate of drug-likeness (QED) is 0.652. The second-order valence-electron chi connectivity index (χ2n) is 3.60. The molecule has 0 spiro atoms. The number of imide groups is 1. The number of benzene rings is 1. The first-order valence-corrected chi connectivity index (χ1v) is 6.00. The SMILES string of the molecule is CCOc1ccc(Cl)cc1/C=C(\C#N)C(=O)NC(N)=O. The number of hydrogen-bond acceptors (Lipinski definition) is 4. The third-order valence-corrected chi connectivity index (χ3v) is 2.41. The number of primary amides is 1. The van der Waals surface area contributed by atoms with Crippen LogP contribution in [0.15, 0.2) is 23.8 Å². The van der Waals surface area contributed by atoms with Gasteiger partial charge in [-0.25, -0.2) is 4.79 Å². The maximum Gasteiger partial charge on any atom is 0.319 e. The van der Waals surface area contributed by atoms with E-state index in [0.717, 1.165) is 0 Å². The number of nitrogens with two attached hydrogens (primary N) is 1. The highest BCUT2D eigenvalue weighted by molar-refractivity contribution is 6.30. The molecule has 0 aliphatic rings. The van der Waals surface area contributed by atoms with Crippen molar-refractivity contribution >= 4 is 29.6 Å². The Morgan fingerprint density at radius 2 is 2.25 bits per heavy atom. The minimum atomic E-state index is -1.03. The molecule has 104 valence electrons. The molecule has 20 heavy (non-hydrogen) atoms. The lowest BCUT2D eigenvalue weighted by atomic mass is 10.1. The first kappa shape index (κ1) is 15.5. The number of rotatable bonds is 4. The van der Waals surface area contributed by atoms with Crippen molar-refractivity contribution in [3.8, 4) is 11.8 Å². The van der Waals surface area contributed by atoms with Crippen molar-refractivity contribution in [2.75, 3.05) is 6.61 Å². The summed E-state index contributed by atoms with van der Waals surface area (Å²) in [6, 6.07) is 5.44. The zero-order valence-corrected chi connectivity index (χ0v) is 11.4. The van der Waals surface area contributed by atoms with Crippen LogP contribution in [0.25, 0.3) is 6.08 Å². The molecule has 1 aromatic rings. The van der Waals surface area contributed by atoms with Crippen LogP contribution in [0.3, 0.4) is 0 Å². The van der Waals surface area contributed by atoms with E-state index in [1.165, 1.54) is 6.08 Å². The molecule has 0 aromatic heterocycles. The molecule has 3 amide bonds. The van der Waals surface area contributed by atoms with Gasteiger partial charge in [0, 0.05) is 10.6 Å². The summed E-state index contributed by atoms with van der Waals surface area (Å²) >= 11 is 5.87. The molecule has 0 bridgehead atoms. The summed E-state index contributed by atoms with van der Waals surface area (Å²) in [5.74, 6) is -0.418. The molecule has 1 aromatic carbocycles. The lowest BCUT2D eigenvalue weighted by Crippen LogP contribution is -2.35. The highest BCUT2D eigenvalue weighted by Crippen LogP contribution is 2.25. The molecule has 6 nitrogen and oxygen atoms in total. The number of ether oxygens (including phenoxy) is 1. The van der Waals surface area contributed by atoms with Gasteiger partial charge in [0.1, 0.15) is 17.4 Å². The van der Waals surface area contributed by atoms with Gasteiger partial charge in [-0.1, -0.05) is 11.6 Å². The maximum atomic E-state index is 11.6. The Morgan fingerprint density at radius 1 is 1.55 bits per heavy atom. The first-order valence-electron chi connectivity index (χ1n) is 5.62. The normalized spacial score (nSPS) is 10.6. The van der Waals surface area contributed by atoms with Crippen LogP contribution in [0.5, 0.6) is 5.75 Å². The Hall–Kier alpha value is -2.52. The number of nitrogens with one attached hydrogen (secondary N) is 1. The Morgan fingerprint density at radius 3 is 2.80 bits per heavy atom.